The van der Waals surface area contributed by atoms with Crippen molar-refractivity contribution in [3.05, 3.63) is 29.5 Å². The lowest BCUT2D eigenvalue weighted by atomic mass is 9.67. The van der Waals surface area contributed by atoms with Crippen molar-refractivity contribution in [3.63, 3.8) is 0 Å². The summed E-state index contributed by atoms with van der Waals surface area (Å²) in [6.45, 7) is 4.29. The van der Waals surface area contributed by atoms with Crippen molar-refractivity contribution in [3.8, 4) is 10.4 Å². The maximum atomic E-state index is 13.1. The van der Waals surface area contributed by atoms with Gasteiger partial charge in [0, 0.05) is 30.9 Å². The van der Waals surface area contributed by atoms with E-state index >= 15 is 0 Å². The highest BCUT2D eigenvalue weighted by atomic mass is 32.1. The van der Waals surface area contributed by atoms with E-state index in [0.717, 1.165) is 21.8 Å². The van der Waals surface area contributed by atoms with E-state index < -0.39 is 35.4 Å². The van der Waals surface area contributed by atoms with Crippen LogP contribution in [0.1, 0.15) is 19.4 Å². The molecule has 5 heterocycles. The van der Waals surface area contributed by atoms with Gasteiger partial charge < -0.3 is 9.64 Å². The number of hydrogen-bond donors (Lipinski definition) is 2. The van der Waals surface area contributed by atoms with Crippen molar-refractivity contribution in [1.82, 2.24) is 20.6 Å². The Bertz CT molecular complexity index is 1000. The van der Waals surface area contributed by atoms with Crippen LogP contribution in [-0.4, -0.2) is 52.6 Å². The number of anilines is 1. The molecule has 3 aliphatic rings. The summed E-state index contributed by atoms with van der Waals surface area (Å²) in [5, 5.41) is 4.58. The molecular formula is C19H19N5O4S. The molecule has 150 valence electrons. The number of hydrogen-bond acceptors (Lipinski definition) is 8. The Hall–Kier alpha value is -2.85. The number of fused-ring (bicyclic) bond motifs is 4. The number of amides is 4. The average Bonchev–Trinajstić information content (AvgIpc) is 3.20. The van der Waals surface area contributed by atoms with Crippen LogP contribution >= 0.6 is 11.3 Å². The maximum Gasteiger partial charge on any atom is 0.328 e. The number of thiazole rings is 1. The number of carbonyl (C=O) groups is 3. The second kappa shape index (κ2) is 6.33. The van der Waals surface area contributed by atoms with Crippen molar-refractivity contribution in [2.75, 3.05) is 11.4 Å². The lowest BCUT2D eigenvalue weighted by molar-refractivity contribution is -0.153. The average molecular weight is 413 g/mol. The number of pyridine rings is 1. The smallest absolute Gasteiger partial charge is 0.328 e. The molecule has 2 saturated heterocycles. The zero-order valence-corrected chi connectivity index (χ0v) is 16.7. The Morgan fingerprint density at radius 1 is 1.21 bits per heavy atom. The van der Waals surface area contributed by atoms with Gasteiger partial charge in [-0.25, -0.2) is 9.78 Å². The molecule has 3 atom stereocenters. The number of aromatic nitrogens is 2. The predicted molar refractivity (Wildman–Crippen MR) is 104 cm³/mol. The SMILES string of the molecule is C[C@@H]1CN2c3ncc(-c4cncs4)cc3CC3(C(=O)NC(=O)NC3=O)[C@@H]2[C@@H](C)O1. The fourth-order valence-electron chi connectivity index (χ4n) is 4.80. The van der Waals surface area contributed by atoms with Gasteiger partial charge in [0.2, 0.25) is 11.8 Å². The molecule has 0 unspecified atom stereocenters. The van der Waals surface area contributed by atoms with Gasteiger partial charge in [-0.2, -0.15) is 0 Å². The van der Waals surface area contributed by atoms with Crippen LogP contribution in [-0.2, 0) is 20.7 Å². The molecule has 2 fully saturated rings. The topological polar surface area (TPSA) is 114 Å². The zero-order valence-electron chi connectivity index (χ0n) is 15.8. The molecule has 5 rings (SSSR count). The quantitative estimate of drug-likeness (QED) is 0.673. The van der Waals surface area contributed by atoms with Crippen LogP contribution in [0.4, 0.5) is 10.6 Å². The van der Waals surface area contributed by atoms with Gasteiger partial charge in [0.25, 0.3) is 0 Å². The van der Waals surface area contributed by atoms with Crippen molar-refractivity contribution in [2.45, 2.75) is 38.5 Å². The monoisotopic (exact) mass is 413 g/mol. The van der Waals surface area contributed by atoms with Crippen molar-refractivity contribution in [2.24, 2.45) is 5.41 Å². The largest absolute Gasteiger partial charge is 0.372 e. The van der Waals surface area contributed by atoms with Gasteiger partial charge in [0.15, 0.2) is 5.41 Å². The Morgan fingerprint density at radius 3 is 2.66 bits per heavy atom. The fraction of sp³-hybridized carbons (Fsp3) is 0.421. The van der Waals surface area contributed by atoms with E-state index in [2.05, 4.69) is 15.6 Å². The third-order valence-corrected chi connectivity index (χ3v) is 6.67. The van der Waals surface area contributed by atoms with E-state index in [4.69, 9.17) is 9.72 Å². The number of urea groups is 1. The number of nitrogens with one attached hydrogen (secondary N) is 2. The van der Waals surface area contributed by atoms with Crippen molar-refractivity contribution >= 4 is 35.0 Å². The number of imide groups is 2. The van der Waals surface area contributed by atoms with Gasteiger partial charge >= 0.3 is 6.03 Å². The van der Waals surface area contributed by atoms with Crippen LogP contribution in [0.15, 0.2) is 24.0 Å². The molecule has 0 aliphatic carbocycles. The lowest BCUT2D eigenvalue weighted by Crippen LogP contribution is -2.75. The first-order chi connectivity index (χ1) is 13.9. The second-order valence-electron chi connectivity index (χ2n) is 7.71. The Kier molecular flexibility index (Phi) is 3.97. The summed E-state index contributed by atoms with van der Waals surface area (Å²) < 4.78 is 5.98. The predicted octanol–water partition coefficient (Wildman–Crippen LogP) is 1.10. The summed E-state index contributed by atoms with van der Waals surface area (Å²) in [7, 11) is 0. The minimum Gasteiger partial charge on any atom is -0.372 e. The normalized spacial score (nSPS) is 27.9. The number of ether oxygens (including phenoxy) is 1. The molecule has 2 aromatic rings. The van der Waals surface area contributed by atoms with Crippen LogP contribution in [0.25, 0.3) is 10.4 Å². The first kappa shape index (κ1) is 18.2. The van der Waals surface area contributed by atoms with Crippen LogP contribution in [0.2, 0.25) is 0 Å². The number of barbiturate groups is 1. The molecule has 0 aromatic carbocycles. The third-order valence-electron chi connectivity index (χ3n) is 5.85. The number of carbonyl (C=O) groups excluding carboxylic acids is 3. The maximum absolute atomic E-state index is 13.1. The minimum atomic E-state index is -1.48. The van der Waals surface area contributed by atoms with Crippen molar-refractivity contribution < 1.29 is 19.1 Å². The Balaban J connectivity index is 1.69. The van der Waals surface area contributed by atoms with E-state index in [1.54, 1.807) is 17.9 Å². The number of nitrogens with zero attached hydrogens (tertiary/aromatic N) is 3. The van der Waals surface area contributed by atoms with E-state index in [0.29, 0.717) is 6.54 Å². The molecule has 3 aliphatic heterocycles. The summed E-state index contributed by atoms with van der Waals surface area (Å²) in [5.74, 6) is -0.450. The molecule has 10 heteroatoms. The molecular weight excluding hydrogens is 394 g/mol. The summed E-state index contributed by atoms with van der Waals surface area (Å²) in [5.41, 5.74) is 1.93. The minimum absolute atomic E-state index is 0.0939. The van der Waals surface area contributed by atoms with Gasteiger partial charge in [0.05, 0.1) is 28.6 Å². The highest BCUT2D eigenvalue weighted by Crippen LogP contribution is 2.46. The van der Waals surface area contributed by atoms with E-state index in [1.165, 1.54) is 11.3 Å². The molecule has 0 radical (unpaired) electrons. The fourth-order valence-corrected chi connectivity index (χ4v) is 5.40. The van der Waals surface area contributed by atoms with E-state index in [-0.39, 0.29) is 12.5 Å². The van der Waals surface area contributed by atoms with Crippen LogP contribution in [0, 0.1) is 5.41 Å². The number of morpholine rings is 1. The highest BCUT2D eigenvalue weighted by Gasteiger charge is 2.63. The van der Waals surface area contributed by atoms with Gasteiger partial charge in [-0.15, -0.1) is 11.3 Å². The highest BCUT2D eigenvalue weighted by molar-refractivity contribution is 7.13. The molecule has 29 heavy (non-hydrogen) atoms. The third kappa shape index (κ3) is 2.59. The molecule has 4 amide bonds. The van der Waals surface area contributed by atoms with Gasteiger partial charge in [-0.1, -0.05) is 0 Å². The lowest BCUT2D eigenvalue weighted by Gasteiger charge is -2.54. The van der Waals surface area contributed by atoms with Crippen LogP contribution in [0.5, 0.6) is 0 Å². The summed E-state index contributed by atoms with van der Waals surface area (Å²) in [4.78, 5) is 49.7. The molecule has 0 bridgehead atoms. The molecule has 0 saturated carbocycles. The van der Waals surface area contributed by atoms with Gasteiger partial charge in [-0.3, -0.25) is 25.2 Å². The Morgan fingerprint density at radius 2 is 1.97 bits per heavy atom. The first-order valence-corrected chi connectivity index (χ1v) is 10.2. The zero-order chi connectivity index (χ0) is 20.3. The van der Waals surface area contributed by atoms with E-state index in [9.17, 15) is 14.4 Å². The molecule has 2 aromatic heterocycles. The summed E-state index contributed by atoms with van der Waals surface area (Å²) >= 11 is 1.49. The second-order valence-corrected chi connectivity index (χ2v) is 8.59. The summed E-state index contributed by atoms with van der Waals surface area (Å²) in [6.07, 6.45) is 3.18. The summed E-state index contributed by atoms with van der Waals surface area (Å²) in [6, 6.07) is 0.591. The molecule has 2 N–H and O–H groups in total. The number of rotatable bonds is 1. The Labute approximate surface area is 170 Å². The molecule has 9 nitrogen and oxygen atoms in total. The van der Waals surface area contributed by atoms with E-state index in [1.807, 2.05) is 24.8 Å². The van der Waals surface area contributed by atoms with Gasteiger partial charge in [0.1, 0.15) is 5.82 Å². The first-order valence-electron chi connectivity index (χ1n) is 9.37. The molecule has 1 spiro atoms. The van der Waals surface area contributed by atoms with Crippen LogP contribution < -0.4 is 15.5 Å². The standard InChI is InChI=1S/C19H19N5O4S/c1-9-7-24-14(10(2)28-9)19(16(25)22-18(27)23-17(19)26)4-11-3-12(5-21-15(11)24)13-6-20-8-29-13/h3,5-6,8-10,14H,4,7H2,1-2H3,(H2,22,23,25,26,27)/t9-,10-,14+/m1/s1. The van der Waals surface area contributed by atoms with Crippen LogP contribution in [0.3, 0.4) is 0 Å². The van der Waals surface area contributed by atoms with Crippen molar-refractivity contribution in [1.29, 1.82) is 0 Å². The van der Waals surface area contributed by atoms with Gasteiger partial charge in [-0.05, 0) is 25.5 Å².